The highest BCUT2D eigenvalue weighted by Gasteiger charge is 2.18. The second kappa shape index (κ2) is 6.06. The van der Waals surface area contributed by atoms with E-state index in [-0.39, 0.29) is 0 Å². The third-order valence-corrected chi connectivity index (χ3v) is 3.90. The average molecular weight is 267 g/mol. The molecule has 0 radical (unpaired) electrons. The molecule has 0 saturated carbocycles. The predicted molar refractivity (Wildman–Crippen MR) is 83.4 cm³/mol. The van der Waals surface area contributed by atoms with Crippen molar-refractivity contribution in [2.24, 2.45) is 0 Å². The summed E-state index contributed by atoms with van der Waals surface area (Å²) >= 11 is 0. The summed E-state index contributed by atoms with van der Waals surface area (Å²) in [5.41, 5.74) is 5.35. The number of nitrogens with one attached hydrogen (secondary N) is 1. The number of benzene rings is 1. The lowest BCUT2D eigenvalue weighted by atomic mass is 10.1. The maximum atomic E-state index is 4.27. The Morgan fingerprint density at radius 3 is 2.95 bits per heavy atom. The van der Waals surface area contributed by atoms with E-state index in [1.165, 1.54) is 41.8 Å². The molecule has 0 atom stereocenters. The van der Waals surface area contributed by atoms with Crippen LogP contribution < -0.4 is 10.2 Å². The summed E-state index contributed by atoms with van der Waals surface area (Å²) in [6, 6.07) is 10.9. The second-order valence-electron chi connectivity index (χ2n) is 5.27. The fourth-order valence-electron chi connectivity index (χ4n) is 2.95. The first-order valence-electron chi connectivity index (χ1n) is 7.33. The zero-order valence-electron chi connectivity index (χ0n) is 12.0. The highest BCUT2D eigenvalue weighted by atomic mass is 15.1. The van der Waals surface area contributed by atoms with Crippen LogP contribution in [0.25, 0.3) is 0 Å². The number of fused-ring (bicyclic) bond motifs is 1. The van der Waals surface area contributed by atoms with Crippen molar-refractivity contribution in [2.45, 2.75) is 25.8 Å². The first-order chi connectivity index (χ1) is 9.90. The third-order valence-electron chi connectivity index (χ3n) is 3.90. The molecule has 1 aliphatic heterocycles. The zero-order valence-corrected chi connectivity index (χ0v) is 12.0. The molecular weight excluding hydrogens is 246 g/mol. The lowest BCUT2D eigenvalue weighted by Crippen LogP contribution is -2.21. The molecule has 2 aromatic rings. The van der Waals surface area contributed by atoms with Crippen molar-refractivity contribution in [3.63, 3.8) is 0 Å². The first-order valence-corrected chi connectivity index (χ1v) is 7.33. The molecule has 1 aromatic heterocycles. The molecule has 0 amide bonds. The van der Waals surface area contributed by atoms with Gasteiger partial charge in [-0.15, -0.1) is 0 Å². The summed E-state index contributed by atoms with van der Waals surface area (Å²) < 4.78 is 0. The molecule has 0 aliphatic carbocycles. The number of nitrogens with zero attached hydrogens (tertiary/aromatic N) is 2. The molecular formula is C17H21N3. The van der Waals surface area contributed by atoms with Crippen LogP contribution in [0.5, 0.6) is 0 Å². The number of para-hydroxylation sites is 1. The van der Waals surface area contributed by atoms with Gasteiger partial charge >= 0.3 is 0 Å². The van der Waals surface area contributed by atoms with Crippen LogP contribution in [0.1, 0.15) is 24.0 Å². The monoisotopic (exact) mass is 267 g/mol. The zero-order chi connectivity index (χ0) is 13.8. The first kappa shape index (κ1) is 13.1. The summed E-state index contributed by atoms with van der Waals surface area (Å²) in [5.74, 6) is 0. The van der Waals surface area contributed by atoms with Crippen molar-refractivity contribution >= 4 is 11.4 Å². The van der Waals surface area contributed by atoms with Gasteiger partial charge in [0.15, 0.2) is 0 Å². The van der Waals surface area contributed by atoms with E-state index in [4.69, 9.17) is 0 Å². The van der Waals surface area contributed by atoms with Crippen molar-refractivity contribution in [2.75, 3.05) is 18.5 Å². The SMILES string of the molecule is CNCc1cnccc1N1CCCCc2ccccc21. The van der Waals surface area contributed by atoms with E-state index < -0.39 is 0 Å². The van der Waals surface area contributed by atoms with E-state index in [0.29, 0.717) is 0 Å². The average Bonchev–Trinajstić information content (AvgIpc) is 2.71. The van der Waals surface area contributed by atoms with E-state index in [1.54, 1.807) is 0 Å². The van der Waals surface area contributed by atoms with Crippen LogP contribution in [0, 0.1) is 0 Å². The van der Waals surface area contributed by atoms with Gasteiger partial charge in [0.1, 0.15) is 0 Å². The molecule has 0 saturated heterocycles. The number of aryl methyl sites for hydroxylation is 1. The Labute approximate surface area is 120 Å². The van der Waals surface area contributed by atoms with E-state index >= 15 is 0 Å². The number of pyridine rings is 1. The van der Waals surface area contributed by atoms with Gasteiger partial charge in [-0.2, -0.15) is 0 Å². The molecule has 0 spiro atoms. The number of anilines is 2. The molecule has 1 N–H and O–H groups in total. The minimum absolute atomic E-state index is 0.849. The Kier molecular flexibility index (Phi) is 3.97. The summed E-state index contributed by atoms with van der Waals surface area (Å²) in [4.78, 5) is 6.73. The Hall–Kier alpha value is -1.87. The normalized spacial score (nSPS) is 14.8. The van der Waals surface area contributed by atoms with Crippen LogP contribution in [0.4, 0.5) is 11.4 Å². The molecule has 104 valence electrons. The van der Waals surface area contributed by atoms with Gasteiger partial charge in [-0.25, -0.2) is 0 Å². The maximum Gasteiger partial charge on any atom is 0.0487 e. The van der Waals surface area contributed by atoms with Gasteiger partial charge in [0.2, 0.25) is 0 Å². The Morgan fingerprint density at radius 2 is 2.05 bits per heavy atom. The maximum absolute atomic E-state index is 4.27. The molecule has 2 heterocycles. The Morgan fingerprint density at radius 1 is 1.15 bits per heavy atom. The number of hydrogen-bond donors (Lipinski definition) is 1. The van der Waals surface area contributed by atoms with Crippen LogP contribution in [0.2, 0.25) is 0 Å². The summed E-state index contributed by atoms with van der Waals surface area (Å²) in [5, 5.41) is 3.24. The Bertz CT molecular complexity index is 580. The predicted octanol–water partition coefficient (Wildman–Crippen LogP) is 3.28. The highest BCUT2D eigenvalue weighted by molar-refractivity contribution is 5.69. The Balaban J connectivity index is 2.05. The second-order valence-corrected chi connectivity index (χ2v) is 5.27. The summed E-state index contributed by atoms with van der Waals surface area (Å²) in [7, 11) is 1.98. The van der Waals surface area contributed by atoms with Crippen LogP contribution in [0.3, 0.4) is 0 Å². The van der Waals surface area contributed by atoms with Crippen LogP contribution in [-0.2, 0) is 13.0 Å². The fraction of sp³-hybridized carbons (Fsp3) is 0.353. The molecule has 3 rings (SSSR count). The minimum atomic E-state index is 0.849. The van der Waals surface area contributed by atoms with Gasteiger partial charge in [-0.05, 0) is 44.0 Å². The molecule has 0 bridgehead atoms. The van der Waals surface area contributed by atoms with Crippen molar-refractivity contribution in [3.05, 3.63) is 53.9 Å². The van der Waals surface area contributed by atoms with Gasteiger partial charge in [0.25, 0.3) is 0 Å². The molecule has 0 unspecified atom stereocenters. The molecule has 3 nitrogen and oxygen atoms in total. The summed E-state index contributed by atoms with van der Waals surface area (Å²) in [6.07, 6.45) is 7.54. The van der Waals surface area contributed by atoms with Gasteiger partial charge in [-0.3, -0.25) is 4.98 Å². The van der Waals surface area contributed by atoms with Crippen LogP contribution >= 0.6 is 0 Å². The van der Waals surface area contributed by atoms with E-state index in [2.05, 4.69) is 45.5 Å². The smallest absolute Gasteiger partial charge is 0.0487 e. The van der Waals surface area contributed by atoms with Crippen molar-refractivity contribution in [1.29, 1.82) is 0 Å². The number of hydrogen-bond acceptors (Lipinski definition) is 3. The molecule has 0 fully saturated rings. The highest BCUT2D eigenvalue weighted by Crippen LogP contribution is 2.34. The molecule has 1 aliphatic rings. The van der Waals surface area contributed by atoms with Gasteiger partial charge < -0.3 is 10.2 Å². The largest absolute Gasteiger partial charge is 0.341 e. The fourth-order valence-corrected chi connectivity index (χ4v) is 2.95. The van der Waals surface area contributed by atoms with E-state index in [0.717, 1.165) is 13.1 Å². The molecule has 3 heteroatoms. The van der Waals surface area contributed by atoms with Crippen molar-refractivity contribution < 1.29 is 0 Å². The lowest BCUT2D eigenvalue weighted by molar-refractivity contribution is 0.754. The van der Waals surface area contributed by atoms with E-state index in [1.807, 2.05) is 19.4 Å². The standard InChI is InChI=1S/C17H21N3/c1-18-12-15-13-19-10-9-17(15)20-11-5-4-7-14-6-2-3-8-16(14)20/h2-3,6,8-10,13,18H,4-5,7,11-12H2,1H3. The van der Waals surface area contributed by atoms with Crippen LogP contribution in [-0.4, -0.2) is 18.6 Å². The van der Waals surface area contributed by atoms with Gasteiger partial charge in [0, 0.05) is 42.4 Å². The van der Waals surface area contributed by atoms with Crippen LogP contribution in [0.15, 0.2) is 42.7 Å². The van der Waals surface area contributed by atoms with Gasteiger partial charge in [-0.1, -0.05) is 18.2 Å². The van der Waals surface area contributed by atoms with E-state index in [9.17, 15) is 0 Å². The number of aromatic nitrogens is 1. The molecule has 20 heavy (non-hydrogen) atoms. The topological polar surface area (TPSA) is 28.2 Å². The van der Waals surface area contributed by atoms with Gasteiger partial charge in [0.05, 0.1) is 0 Å². The summed E-state index contributed by atoms with van der Waals surface area (Å²) in [6.45, 7) is 1.93. The number of rotatable bonds is 3. The van der Waals surface area contributed by atoms with Crippen molar-refractivity contribution in [3.8, 4) is 0 Å². The quantitative estimate of drug-likeness (QED) is 0.925. The molecule has 1 aromatic carbocycles. The third kappa shape index (κ3) is 2.54. The lowest BCUT2D eigenvalue weighted by Gasteiger charge is -2.27. The minimum Gasteiger partial charge on any atom is -0.341 e. The van der Waals surface area contributed by atoms with Crippen molar-refractivity contribution in [1.82, 2.24) is 10.3 Å².